The number of aryl methyl sites for hydroxylation is 1. The van der Waals surface area contributed by atoms with Gasteiger partial charge in [-0.05, 0) is 13.8 Å². The second-order valence-electron chi connectivity index (χ2n) is 4.69. The quantitative estimate of drug-likeness (QED) is 0.884. The third kappa shape index (κ3) is 2.39. The Bertz CT molecular complexity index is 544. The van der Waals surface area contributed by atoms with Crippen molar-refractivity contribution in [2.45, 2.75) is 19.9 Å². The molecule has 1 aliphatic heterocycles. The maximum absolute atomic E-state index is 5.26. The number of hydrogen-bond acceptors (Lipinski definition) is 7. The van der Waals surface area contributed by atoms with E-state index in [0.717, 1.165) is 31.9 Å². The van der Waals surface area contributed by atoms with Gasteiger partial charge in [0.1, 0.15) is 0 Å². The van der Waals surface area contributed by atoms with E-state index in [9.17, 15) is 0 Å². The molecule has 1 saturated heterocycles. The van der Waals surface area contributed by atoms with Crippen LogP contribution in [0.15, 0.2) is 15.3 Å². The molecule has 102 valence electrons. The van der Waals surface area contributed by atoms with E-state index < -0.39 is 0 Å². The lowest BCUT2D eigenvalue weighted by Gasteiger charge is -2.30. The van der Waals surface area contributed by atoms with Crippen LogP contribution in [0.4, 0.5) is 0 Å². The van der Waals surface area contributed by atoms with Crippen LogP contribution in [0, 0.1) is 6.92 Å². The Morgan fingerprint density at radius 2 is 2.16 bits per heavy atom. The summed E-state index contributed by atoms with van der Waals surface area (Å²) in [6.07, 6.45) is 1.38. The minimum atomic E-state index is 0.142. The van der Waals surface area contributed by atoms with E-state index in [0.29, 0.717) is 17.5 Å². The number of hydrogen-bond donors (Lipinski definition) is 1. The second-order valence-corrected chi connectivity index (χ2v) is 4.69. The molecule has 7 heteroatoms. The van der Waals surface area contributed by atoms with Crippen molar-refractivity contribution in [2.75, 3.05) is 26.2 Å². The van der Waals surface area contributed by atoms with Gasteiger partial charge in [-0.25, -0.2) is 4.98 Å². The number of piperazine rings is 1. The maximum atomic E-state index is 5.26. The molecule has 0 saturated carbocycles. The van der Waals surface area contributed by atoms with Gasteiger partial charge in [0.05, 0.1) is 11.7 Å². The monoisotopic (exact) mass is 263 g/mol. The Morgan fingerprint density at radius 3 is 2.84 bits per heavy atom. The first-order valence-electron chi connectivity index (χ1n) is 6.44. The van der Waals surface area contributed by atoms with Crippen LogP contribution in [0.1, 0.15) is 24.5 Å². The fraction of sp³-hybridized carbons (Fsp3) is 0.583. The lowest BCUT2D eigenvalue weighted by atomic mass is 10.2. The van der Waals surface area contributed by atoms with Crippen molar-refractivity contribution in [3.8, 4) is 11.7 Å². The molecular formula is C12H17N5O2. The summed E-state index contributed by atoms with van der Waals surface area (Å²) < 4.78 is 10.5. The van der Waals surface area contributed by atoms with Crippen LogP contribution in [0.3, 0.4) is 0 Å². The van der Waals surface area contributed by atoms with Gasteiger partial charge in [0.2, 0.25) is 5.76 Å². The Hall–Kier alpha value is -1.73. The molecule has 0 aliphatic carbocycles. The van der Waals surface area contributed by atoms with E-state index in [1.807, 2.05) is 6.92 Å². The molecule has 0 spiro atoms. The summed E-state index contributed by atoms with van der Waals surface area (Å²) in [7, 11) is 0. The van der Waals surface area contributed by atoms with Crippen LogP contribution < -0.4 is 5.32 Å². The Balaban J connectivity index is 1.79. The van der Waals surface area contributed by atoms with Gasteiger partial charge in [0.25, 0.3) is 5.89 Å². The largest absolute Gasteiger partial charge is 0.438 e. The zero-order valence-corrected chi connectivity index (χ0v) is 11.1. The van der Waals surface area contributed by atoms with E-state index in [1.165, 1.54) is 6.39 Å². The Labute approximate surface area is 111 Å². The molecule has 1 fully saturated rings. The fourth-order valence-electron chi connectivity index (χ4n) is 2.24. The zero-order chi connectivity index (χ0) is 13.2. The SMILES string of the molecule is Cc1ncoc1-c1nc(C(C)N2CCNCC2)no1. The highest BCUT2D eigenvalue weighted by Crippen LogP contribution is 2.24. The van der Waals surface area contributed by atoms with Crippen molar-refractivity contribution < 1.29 is 8.94 Å². The molecule has 0 bridgehead atoms. The zero-order valence-electron chi connectivity index (χ0n) is 11.1. The van der Waals surface area contributed by atoms with Crippen LogP contribution in [0.2, 0.25) is 0 Å². The van der Waals surface area contributed by atoms with E-state index in [4.69, 9.17) is 8.94 Å². The summed E-state index contributed by atoms with van der Waals surface area (Å²) in [5, 5.41) is 7.38. The van der Waals surface area contributed by atoms with E-state index in [-0.39, 0.29) is 6.04 Å². The molecule has 3 rings (SSSR count). The molecule has 1 atom stereocenters. The topological polar surface area (TPSA) is 80.2 Å². The fourth-order valence-corrected chi connectivity index (χ4v) is 2.24. The van der Waals surface area contributed by atoms with Gasteiger partial charge in [0.15, 0.2) is 12.2 Å². The maximum Gasteiger partial charge on any atom is 0.295 e. The first-order valence-corrected chi connectivity index (χ1v) is 6.44. The summed E-state index contributed by atoms with van der Waals surface area (Å²) >= 11 is 0. The summed E-state index contributed by atoms with van der Waals surface area (Å²) in [5.74, 6) is 1.63. The minimum Gasteiger partial charge on any atom is -0.438 e. The molecule has 7 nitrogen and oxygen atoms in total. The molecule has 1 N–H and O–H groups in total. The van der Waals surface area contributed by atoms with Gasteiger partial charge in [-0.15, -0.1) is 0 Å². The van der Waals surface area contributed by atoms with Crippen molar-refractivity contribution >= 4 is 0 Å². The summed E-state index contributed by atoms with van der Waals surface area (Å²) in [5.41, 5.74) is 0.755. The summed E-state index contributed by atoms with van der Waals surface area (Å²) in [6.45, 7) is 7.92. The van der Waals surface area contributed by atoms with Crippen LogP contribution in [-0.4, -0.2) is 46.2 Å². The van der Waals surface area contributed by atoms with Gasteiger partial charge in [-0.1, -0.05) is 5.16 Å². The normalized spacial score (nSPS) is 18.6. The molecular weight excluding hydrogens is 246 g/mol. The van der Waals surface area contributed by atoms with Crippen LogP contribution >= 0.6 is 0 Å². The van der Waals surface area contributed by atoms with Crippen LogP contribution in [0.25, 0.3) is 11.7 Å². The molecule has 1 unspecified atom stereocenters. The predicted molar refractivity (Wildman–Crippen MR) is 67.4 cm³/mol. The number of oxazole rings is 1. The third-order valence-corrected chi connectivity index (χ3v) is 3.45. The number of rotatable bonds is 3. The average molecular weight is 263 g/mol. The Morgan fingerprint density at radius 1 is 1.37 bits per heavy atom. The highest BCUT2D eigenvalue weighted by molar-refractivity contribution is 5.46. The van der Waals surface area contributed by atoms with Gasteiger partial charge in [-0.3, -0.25) is 4.90 Å². The van der Waals surface area contributed by atoms with Crippen molar-refractivity contribution in [3.63, 3.8) is 0 Å². The number of nitrogens with one attached hydrogen (secondary N) is 1. The summed E-state index contributed by atoms with van der Waals surface area (Å²) in [6, 6.07) is 0.142. The number of aromatic nitrogens is 3. The lowest BCUT2D eigenvalue weighted by molar-refractivity contribution is 0.176. The molecule has 0 amide bonds. The van der Waals surface area contributed by atoms with Gasteiger partial charge in [0, 0.05) is 26.2 Å². The van der Waals surface area contributed by atoms with Gasteiger partial charge >= 0.3 is 0 Å². The van der Waals surface area contributed by atoms with Gasteiger partial charge < -0.3 is 14.3 Å². The van der Waals surface area contributed by atoms with E-state index in [1.54, 1.807) is 0 Å². The molecule has 1 aliphatic rings. The molecule has 2 aromatic heterocycles. The van der Waals surface area contributed by atoms with Crippen molar-refractivity contribution in [2.24, 2.45) is 0 Å². The van der Waals surface area contributed by atoms with E-state index >= 15 is 0 Å². The molecule has 0 radical (unpaired) electrons. The Kier molecular flexibility index (Phi) is 3.31. The molecule has 3 heterocycles. The smallest absolute Gasteiger partial charge is 0.295 e. The van der Waals surface area contributed by atoms with Crippen LogP contribution in [0.5, 0.6) is 0 Å². The highest BCUT2D eigenvalue weighted by atomic mass is 16.5. The molecule has 19 heavy (non-hydrogen) atoms. The highest BCUT2D eigenvalue weighted by Gasteiger charge is 2.24. The lowest BCUT2D eigenvalue weighted by Crippen LogP contribution is -2.44. The van der Waals surface area contributed by atoms with Crippen LogP contribution in [-0.2, 0) is 0 Å². The van der Waals surface area contributed by atoms with Gasteiger partial charge in [-0.2, -0.15) is 4.98 Å². The minimum absolute atomic E-state index is 0.142. The van der Waals surface area contributed by atoms with Crippen molar-refractivity contribution in [1.29, 1.82) is 0 Å². The first-order chi connectivity index (χ1) is 9.25. The third-order valence-electron chi connectivity index (χ3n) is 3.45. The second kappa shape index (κ2) is 5.10. The molecule has 2 aromatic rings. The standard InChI is InChI=1S/C12H17N5O2/c1-8-10(18-7-14-8)12-15-11(16-19-12)9(2)17-5-3-13-4-6-17/h7,9,13H,3-6H2,1-2H3. The molecule has 0 aromatic carbocycles. The van der Waals surface area contributed by atoms with Crippen molar-refractivity contribution in [1.82, 2.24) is 25.3 Å². The summed E-state index contributed by atoms with van der Waals surface area (Å²) in [4.78, 5) is 10.8. The van der Waals surface area contributed by atoms with E-state index in [2.05, 4.69) is 32.3 Å². The predicted octanol–water partition coefficient (Wildman–Crippen LogP) is 0.999. The van der Waals surface area contributed by atoms with Crippen molar-refractivity contribution in [3.05, 3.63) is 17.9 Å². The first kappa shape index (κ1) is 12.3. The number of nitrogens with zero attached hydrogens (tertiary/aromatic N) is 4. The average Bonchev–Trinajstić information content (AvgIpc) is 3.07.